The molecule has 1 saturated heterocycles. The van der Waals surface area contributed by atoms with E-state index in [4.69, 9.17) is 4.74 Å². The maximum absolute atomic E-state index is 12.0. The minimum absolute atomic E-state index is 0.262. The summed E-state index contributed by atoms with van der Waals surface area (Å²) in [4.78, 5) is 26.3. The second-order valence-corrected chi connectivity index (χ2v) is 7.05. The first-order valence-electron chi connectivity index (χ1n) is 9.61. The number of rotatable bonds is 7. The summed E-state index contributed by atoms with van der Waals surface area (Å²) in [5.41, 5.74) is 0.566. The van der Waals surface area contributed by atoms with Gasteiger partial charge in [-0.05, 0) is 12.5 Å². The van der Waals surface area contributed by atoms with E-state index < -0.39 is 0 Å². The van der Waals surface area contributed by atoms with Gasteiger partial charge in [-0.15, -0.1) is 0 Å². The maximum Gasteiger partial charge on any atom is 0.332 e. The predicted octanol–water partition coefficient (Wildman–Crippen LogP) is 0.541. The number of methoxy groups -OCH3 is 1. The average Bonchev–Trinajstić information content (AvgIpc) is 2.73. The fraction of sp³-hybridized carbons (Fsp3) is 0.500. The van der Waals surface area contributed by atoms with Crippen LogP contribution in [0.1, 0.15) is 18.0 Å². The van der Waals surface area contributed by atoms with E-state index in [0.717, 1.165) is 42.9 Å². The van der Waals surface area contributed by atoms with Crippen LogP contribution in [0.2, 0.25) is 0 Å². The molecule has 2 heterocycles. The summed E-state index contributed by atoms with van der Waals surface area (Å²) in [5.74, 6) is 1.46. The highest BCUT2D eigenvalue weighted by Gasteiger charge is 2.25. The molecule has 1 unspecified atom stereocenters. The quantitative estimate of drug-likeness (QED) is 0.675. The van der Waals surface area contributed by atoms with Gasteiger partial charge in [0.25, 0.3) is 5.56 Å². The van der Waals surface area contributed by atoms with Crippen molar-refractivity contribution in [2.75, 3.05) is 45.2 Å². The van der Waals surface area contributed by atoms with Gasteiger partial charge < -0.3 is 15.4 Å². The van der Waals surface area contributed by atoms with Crippen molar-refractivity contribution < 1.29 is 4.74 Å². The highest BCUT2D eigenvalue weighted by molar-refractivity contribution is 5.36. The number of hydrogen-bond donors (Lipinski definition) is 2. The maximum atomic E-state index is 12.0. The van der Waals surface area contributed by atoms with Gasteiger partial charge in [0.1, 0.15) is 11.6 Å². The first kappa shape index (κ1) is 20.2. The molecular formula is C20H29N5O3. The molecule has 0 bridgehead atoms. The fourth-order valence-electron chi connectivity index (χ4n) is 3.66. The molecule has 0 saturated carbocycles. The number of nitrogens with one attached hydrogen (secondary N) is 2. The molecule has 1 aliphatic rings. The van der Waals surface area contributed by atoms with Gasteiger partial charge in [-0.25, -0.2) is 4.79 Å². The normalized spacial score (nSPS) is 17.5. The van der Waals surface area contributed by atoms with Gasteiger partial charge in [-0.2, -0.15) is 0 Å². The van der Waals surface area contributed by atoms with Gasteiger partial charge in [-0.1, -0.05) is 18.2 Å². The topological polar surface area (TPSA) is 80.5 Å². The number of benzene rings is 1. The van der Waals surface area contributed by atoms with Crippen molar-refractivity contribution in [3.05, 3.63) is 56.7 Å². The van der Waals surface area contributed by atoms with Gasteiger partial charge in [0, 0.05) is 58.4 Å². The van der Waals surface area contributed by atoms with E-state index in [1.807, 2.05) is 18.2 Å². The summed E-state index contributed by atoms with van der Waals surface area (Å²) in [6.07, 6.45) is 0.898. The van der Waals surface area contributed by atoms with Crippen LogP contribution in [0.4, 0.5) is 5.82 Å². The lowest BCUT2D eigenvalue weighted by Gasteiger charge is -2.37. The van der Waals surface area contributed by atoms with Crippen molar-refractivity contribution in [3.8, 4) is 5.75 Å². The van der Waals surface area contributed by atoms with E-state index in [9.17, 15) is 9.59 Å². The highest BCUT2D eigenvalue weighted by Crippen LogP contribution is 2.30. The first-order chi connectivity index (χ1) is 13.5. The van der Waals surface area contributed by atoms with Gasteiger partial charge >= 0.3 is 5.69 Å². The lowest BCUT2D eigenvalue weighted by molar-refractivity contribution is 0.159. The molecule has 3 rings (SSSR count). The second-order valence-electron chi connectivity index (χ2n) is 7.05. The van der Waals surface area contributed by atoms with Crippen LogP contribution < -0.4 is 26.6 Å². The van der Waals surface area contributed by atoms with Gasteiger partial charge in [-0.3, -0.25) is 18.8 Å². The number of piperazine rings is 1. The number of nitrogens with zero attached hydrogens (tertiary/aromatic N) is 3. The largest absolute Gasteiger partial charge is 0.496 e. The molecule has 1 aromatic carbocycles. The van der Waals surface area contributed by atoms with Crippen LogP contribution in [-0.2, 0) is 14.1 Å². The second kappa shape index (κ2) is 9.07. The summed E-state index contributed by atoms with van der Waals surface area (Å²) in [7, 11) is 4.85. The fourth-order valence-corrected chi connectivity index (χ4v) is 3.66. The van der Waals surface area contributed by atoms with E-state index in [-0.39, 0.29) is 17.3 Å². The number of anilines is 1. The Morgan fingerprint density at radius 1 is 1.21 bits per heavy atom. The van der Waals surface area contributed by atoms with Crippen molar-refractivity contribution in [3.63, 3.8) is 0 Å². The zero-order chi connectivity index (χ0) is 20.1. The van der Waals surface area contributed by atoms with E-state index in [0.29, 0.717) is 12.4 Å². The van der Waals surface area contributed by atoms with Gasteiger partial charge in [0.05, 0.1) is 13.2 Å². The molecule has 152 valence electrons. The molecule has 0 spiro atoms. The summed E-state index contributed by atoms with van der Waals surface area (Å²) >= 11 is 0. The molecule has 8 nitrogen and oxygen atoms in total. The SMILES string of the molecule is COc1ccccc1C1CNCCN1CCCNc1cc(=O)n(C)c(=O)n1C. The minimum atomic E-state index is -0.326. The van der Waals surface area contributed by atoms with Crippen LogP contribution in [0.25, 0.3) is 0 Å². The van der Waals surface area contributed by atoms with Crippen molar-refractivity contribution in [1.29, 1.82) is 0 Å². The molecule has 2 aromatic rings. The smallest absolute Gasteiger partial charge is 0.332 e. The van der Waals surface area contributed by atoms with Crippen LogP contribution in [0, 0.1) is 0 Å². The number of ether oxygens (including phenoxy) is 1. The summed E-state index contributed by atoms with van der Waals surface area (Å²) in [6.45, 7) is 4.41. The van der Waals surface area contributed by atoms with Crippen LogP contribution in [0.5, 0.6) is 5.75 Å². The van der Waals surface area contributed by atoms with E-state index >= 15 is 0 Å². The molecule has 1 fully saturated rings. The molecule has 28 heavy (non-hydrogen) atoms. The highest BCUT2D eigenvalue weighted by atomic mass is 16.5. The molecule has 1 aromatic heterocycles. The Kier molecular flexibility index (Phi) is 6.53. The lowest BCUT2D eigenvalue weighted by Crippen LogP contribution is -2.46. The Morgan fingerprint density at radius 3 is 2.79 bits per heavy atom. The average molecular weight is 387 g/mol. The van der Waals surface area contributed by atoms with Crippen LogP contribution >= 0.6 is 0 Å². The molecule has 0 aliphatic carbocycles. The third-order valence-electron chi connectivity index (χ3n) is 5.31. The number of para-hydroxylation sites is 1. The molecule has 2 N–H and O–H groups in total. The predicted molar refractivity (Wildman–Crippen MR) is 110 cm³/mol. The Bertz CT molecular complexity index is 921. The van der Waals surface area contributed by atoms with Crippen molar-refractivity contribution >= 4 is 5.82 Å². The molecule has 1 aliphatic heterocycles. The monoisotopic (exact) mass is 387 g/mol. The standard InChI is InChI=1S/C20H29N5O3/c1-23-18(13-19(26)24(2)20(23)27)22-9-6-11-25-12-10-21-14-16(25)15-7-4-5-8-17(15)28-3/h4-5,7-8,13,16,21-22H,6,9-12,14H2,1-3H3. The van der Waals surface area contributed by atoms with Crippen molar-refractivity contribution in [2.45, 2.75) is 12.5 Å². The number of aromatic nitrogens is 2. The summed E-state index contributed by atoms with van der Waals surface area (Å²) < 4.78 is 8.11. The third kappa shape index (κ3) is 4.28. The molecule has 0 amide bonds. The summed E-state index contributed by atoms with van der Waals surface area (Å²) in [6, 6.07) is 9.88. The summed E-state index contributed by atoms with van der Waals surface area (Å²) in [5, 5.41) is 6.69. The van der Waals surface area contributed by atoms with Crippen LogP contribution in [0.15, 0.2) is 39.9 Å². The molecule has 1 atom stereocenters. The van der Waals surface area contributed by atoms with Crippen molar-refractivity contribution in [2.24, 2.45) is 14.1 Å². The number of hydrogen-bond acceptors (Lipinski definition) is 6. The minimum Gasteiger partial charge on any atom is -0.496 e. The van der Waals surface area contributed by atoms with Crippen molar-refractivity contribution in [1.82, 2.24) is 19.4 Å². The Hall–Kier alpha value is -2.58. The molecule has 8 heteroatoms. The Morgan fingerprint density at radius 2 is 2.00 bits per heavy atom. The zero-order valence-corrected chi connectivity index (χ0v) is 16.8. The molecule has 0 radical (unpaired) electrons. The van der Waals surface area contributed by atoms with E-state index in [1.165, 1.54) is 23.2 Å². The van der Waals surface area contributed by atoms with E-state index in [1.54, 1.807) is 14.2 Å². The van der Waals surface area contributed by atoms with E-state index in [2.05, 4.69) is 21.6 Å². The lowest BCUT2D eigenvalue weighted by atomic mass is 10.0. The van der Waals surface area contributed by atoms with Gasteiger partial charge in [0.15, 0.2) is 0 Å². The zero-order valence-electron chi connectivity index (χ0n) is 16.8. The first-order valence-corrected chi connectivity index (χ1v) is 9.61. The van der Waals surface area contributed by atoms with Crippen LogP contribution in [0.3, 0.4) is 0 Å². The Balaban J connectivity index is 1.62. The van der Waals surface area contributed by atoms with Gasteiger partial charge in [0.2, 0.25) is 0 Å². The Labute approximate surface area is 164 Å². The third-order valence-corrected chi connectivity index (χ3v) is 5.31. The molecular weight excluding hydrogens is 358 g/mol. The van der Waals surface area contributed by atoms with Crippen LogP contribution in [-0.4, -0.2) is 53.9 Å².